The van der Waals surface area contributed by atoms with Crippen LogP contribution in [0.25, 0.3) is 0 Å². The normalized spacial score (nSPS) is 17.3. The summed E-state index contributed by atoms with van der Waals surface area (Å²) in [5, 5.41) is 13.0. The standard InChI is InChI=1S/C16H16BrNO/c1-10-9-11(19)5-7-15(10)18-16-8-6-12-13(16)3-2-4-14(12)17/h2-5,7,9,16,18-19H,6,8H2,1H3. The van der Waals surface area contributed by atoms with Crippen molar-refractivity contribution in [3.8, 4) is 5.75 Å². The average molecular weight is 318 g/mol. The lowest BCUT2D eigenvalue weighted by Crippen LogP contribution is -2.08. The van der Waals surface area contributed by atoms with Crippen LogP contribution >= 0.6 is 15.9 Å². The molecule has 0 radical (unpaired) electrons. The van der Waals surface area contributed by atoms with E-state index in [1.807, 2.05) is 13.0 Å². The topological polar surface area (TPSA) is 32.3 Å². The van der Waals surface area contributed by atoms with Crippen LogP contribution in [0.1, 0.15) is 29.2 Å². The van der Waals surface area contributed by atoms with Gasteiger partial charge < -0.3 is 10.4 Å². The van der Waals surface area contributed by atoms with Gasteiger partial charge >= 0.3 is 0 Å². The van der Waals surface area contributed by atoms with Gasteiger partial charge in [-0.3, -0.25) is 0 Å². The number of nitrogens with one attached hydrogen (secondary N) is 1. The van der Waals surface area contributed by atoms with Crippen LogP contribution in [0.5, 0.6) is 5.75 Å². The second kappa shape index (κ2) is 4.89. The van der Waals surface area contributed by atoms with Crippen LogP contribution in [0.3, 0.4) is 0 Å². The van der Waals surface area contributed by atoms with E-state index in [1.54, 1.807) is 12.1 Å². The van der Waals surface area contributed by atoms with E-state index in [4.69, 9.17) is 0 Å². The number of halogens is 1. The number of phenolic OH excluding ortho intramolecular Hbond substituents is 1. The minimum absolute atomic E-state index is 0.317. The summed E-state index contributed by atoms with van der Waals surface area (Å²) in [5.41, 5.74) is 4.96. The highest BCUT2D eigenvalue weighted by atomic mass is 79.9. The summed E-state index contributed by atoms with van der Waals surface area (Å²) in [5.74, 6) is 0.317. The van der Waals surface area contributed by atoms with Crippen LogP contribution in [-0.2, 0) is 6.42 Å². The van der Waals surface area contributed by atoms with Gasteiger partial charge in [-0.1, -0.05) is 28.1 Å². The van der Waals surface area contributed by atoms with E-state index in [2.05, 4.69) is 39.4 Å². The van der Waals surface area contributed by atoms with Crippen LogP contribution in [0, 0.1) is 6.92 Å². The molecule has 0 spiro atoms. The van der Waals surface area contributed by atoms with E-state index in [1.165, 1.54) is 15.6 Å². The molecule has 0 aliphatic heterocycles. The zero-order valence-electron chi connectivity index (χ0n) is 10.8. The van der Waals surface area contributed by atoms with E-state index in [9.17, 15) is 5.11 Å². The average Bonchev–Trinajstić information content (AvgIpc) is 2.78. The van der Waals surface area contributed by atoms with Crippen LogP contribution in [0.15, 0.2) is 40.9 Å². The molecule has 1 aliphatic rings. The predicted octanol–water partition coefficient (Wildman–Crippen LogP) is 4.56. The first kappa shape index (κ1) is 12.5. The van der Waals surface area contributed by atoms with Gasteiger partial charge in [0.25, 0.3) is 0 Å². The van der Waals surface area contributed by atoms with Crippen molar-refractivity contribution in [1.29, 1.82) is 0 Å². The number of phenols is 1. The lowest BCUT2D eigenvalue weighted by atomic mass is 10.1. The number of rotatable bonds is 2. The maximum absolute atomic E-state index is 9.46. The highest BCUT2D eigenvalue weighted by molar-refractivity contribution is 9.10. The first-order chi connectivity index (χ1) is 9.15. The molecular weight excluding hydrogens is 302 g/mol. The molecular formula is C16H16BrNO. The summed E-state index contributed by atoms with van der Waals surface area (Å²) in [6, 6.07) is 12.2. The first-order valence-electron chi connectivity index (χ1n) is 6.48. The fraction of sp³-hybridized carbons (Fsp3) is 0.250. The third kappa shape index (κ3) is 2.35. The summed E-state index contributed by atoms with van der Waals surface area (Å²) in [7, 11) is 0. The molecule has 2 nitrogen and oxygen atoms in total. The van der Waals surface area contributed by atoms with Gasteiger partial charge in [-0.15, -0.1) is 0 Å². The fourth-order valence-corrected chi connectivity index (χ4v) is 3.34. The lowest BCUT2D eigenvalue weighted by molar-refractivity contribution is 0.475. The van der Waals surface area contributed by atoms with Crippen molar-refractivity contribution in [2.75, 3.05) is 5.32 Å². The monoisotopic (exact) mass is 317 g/mol. The summed E-state index contributed by atoms with van der Waals surface area (Å²) >= 11 is 3.62. The Bertz CT molecular complexity index is 624. The molecule has 19 heavy (non-hydrogen) atoms. The van der Waals surface area contributed by atoms with Gasteiger partial charge in [0, 0.05) is 10.2 Å². The Kier molecular flexibility index (Phi) is 3.23. The number of benzene rings is 2. The molecule has 0 saturated heterocycles. The quantitative estimate of drug-likeness (QED) is 0.796. The Morgan fingerprint density at radius 2 is 2.11 bits per heavy atom. The van der Waals surface area contributed by atoms with Gasteiger partial charge in [0.15, 0.2) is 0 Å². The SMILES string of the molecule is Cc1cc(O)ccc1NC1CCc2c(Br)cccc21. The van der Waals surface area contributed by atoms with E-state index < -0.39 is 0 Å². The molecule has 3 heteroatoms. The molecule has 0 saturated carbocycles. The molecule has 1 unspecified atom stereocenters. The number of anilines is 1. The molecule has 0 fully saturated rings. The second-order valence-corrected chi connectivity index (χ2v) is 5.90. The Labute approximate surface area is 121 Å². The van der Waals surface area contributed by atoms with Crippen molar-refractivity contribution in [3.63, 3.8) is 0 Å². The second-order valence-electron chi connectivity index (χ2n) is 5.04. The molecule has 0 heterocycles. The summed E-state index contributed by atoms with van der Waals surface area (Å²) in [6.07, 6.45) is 2.21. The third-order valence-corrected chi connectivity index (χ3v) is 4.50. The van der Waals surface area contributed by atoms with Crippen molar-refractivity contribution >= 4 is 21.6 Å². The van der Waals surface area contributed by atoms with E-state index in [-0.39, 0.29) is 0 Å². The van der Waals surface area contributed by atoms with E-state index in [0.29, 0.717) is 11.8 Å². The molecule has 0 bridgehead atoms. The van der Waals surface area contributed by atoms with Gasteiger partial charge in [-0.2, -0.15) is 0 Å². The fourth-order valence-electron chi connectivity index (χ4n) is 2.76. The Hall–Kier alpha value is -1.48. The molecule has 1 aliphatic carbocycles. The van der Waals surface area contributed by atoms with Crippen LogP contribution in [0.4, 0.5) is 5.69 Å². The molecule has 3 rings (SSSR count). The van der Waals surface area contributed by atoms with Gasteiger partial charge in [-0.25, -0.2) is 0 Å². The van der Waals surface area contributed by atoms with Crippen molar-refractivity contribution < 1.29 is 5.11 Å². The number of fused-ring (bicyclic) bond motifs is 1. The summed E-state index contributed by atoms with van der Waals surface area (Å²) < 4.78 is 1.21. The van der Waals surface area contributed by atoms with Gasteiger partial charge in [0.1, 0.15) is 5.75 Å². The molecule has 2 aromatic rings. The maximum Gasteiger partial charge on any atom is 0.115 e. The largest absolute Gasteiger partial charge is 0.508 e. The zero-order valence-corrected chi connectivity index (χ0v) is 12.4. The minimum Gasteiger partial charge on any atom is -0.508 e. The van der Waals surface area contributed by atoms with Crippen LogP contribution in [0.2, 0.25) is 0 Å². The first-order valence-corrected chi connectivity index (χ1v) is 7.28. The number of aromatic hydroxyl groups is 1. The number of aryl methyl sites for hydroxylation is 1. The van der Waals surface area contributed by atoms with Crippen LogP contribution < -0.4 is 5.32 Å². The highest BCUT2D eigenvalue weighted by Gasteiger charge is 2.24. The lowest BCUT2D eigenvalue weighted by Gasteiger charge is -2.17. The predicted molar refractivity (Wildman–Crippen MR) is 81.7 cm³/mol. The van der Waals surface area contributed by atoms with Crippen molar-refractivity contribution in [3.05, 3.63) is 57.6 Å². The smallest absolute Gasteiger partial charge is 0.115 e. The Balaban J connectivity index is 1.89. The minimum atomic E-state index is 0.317. The van der Waals surface area contributed by atoms with Crippen molar-refractivity contribution in [2.45, 2.75) is 25.8 Å². The van der Waals surface area contributed by atoms with Gasteiger partial charge in [-0.05, 0) is 60.7 Å². The summed E-state index contributed by atoms with van der Waals surface area (Å²) in [6.45, 7) is 2.01. The molecule has 0 aromatic heterocycles. The van der Waals surface area contributed by atoms with Crippen molar-refractivity contribution in [1.82, 2.24) is 0 Å². The molecule has 2 aromatic carbocycles. The van der Waals surface area contributed by atoms with Gasteiger partial charge in [0.05, 0.1) is 6.04 Å². The van der Waals surface area contributed by atoms with Crippen molar-refractivity contribution in [2.24, 2.45) is 0 Å². The zero-order chi connectivity index (χ0) is 13.4. The van der Waals surface area contributed by atoms with Crippen LogP contribution in [-0.4, -0.2) is 5.11 Å². The Morgan fingerprint density at radius 3 is 2.89 bits per heavy atom. The van der Waals surface area contributed by atoms with E-state index >= 15 is 0 Å². The highest BCUT2D eigenvalue weighted by Crippen LogP contribution is 2.38. The summed E-state index contributed by atoms with van der Waals surface area (Å²) in [4.78, 5) is 0. The molecule has 0 amide bonds. The van der Waals surface area contributed by atoms with E-state index in [0.717, 1.165) is 24.1 Å². The molecule has 1 atom stereocenters. The molecule has 2 N–H and O–H groups in total. The third-order valence-electron chi connectivity index (χ3n) is 3.75. The van der Waals surface area contributed by atoms with Gasteiger partial charge in [0.2, 0.25) is 0 Å². The number of hydrogen-bond acceptors (Lipinski definition) is 2. The Morgan fingerprint density at radius 1 is 1.26 bits per heavy atom. The molecule has 98 valence electrons. The maximum atomic E-state index is 9.46. The number of hydrogen-bond donors (Lipinski definition) is 2.